The van der Waals surface area contributed by atoms with Gasteiger partial charge < -0.3 is 10.1 Å². The number of hydrogen-bond donors (Lipinski definition) is 1. The Hall–Kier alpha value is -2.16. The third-order valence-electron chi connectivity index (χ3n) is 3.42. The highest BCUT2D eigenvalue weighted by Gasteiger charge is 2.12. The van der Waals surface area contributed by atoms with Crippen molar-refractivity contribution in [3.63, 3.8) is 0 Å². The van der Waals surface area contributed by atoms with Crippen LogP contribution in [0.3, 0.4) is 0 Å². The number of hydrogen-bond acceptors (Lipinski definition) is 7. The summed E-state index contributed by atoms with van der Waals surface area (Å²) in [6.07, 6.45) is 2.79. The summed E-state index contributed by atoms with van der Waals surface area (Å²) >= 11 is 1.66. The quantitative estimate of drug-likeness (QED) is 0.244. The van der Waals surface area contributed by atoms with Gasteiger partial charge in [0, 0.05) is 30.8 Å². The molecular formula is C21H32N4O3S. The highest BCUT2D eigenvalue weighted by Crippen LogP contribution is 2.24. The standard InChI is InChI=1S/C17H22N4O3S.C4H10/c1-3-24-11-10-20(2)25-15-6-4-14(5-7-15)12-19-16-8-9-18-13-17(16)21(22)23;1-4(2)3/h4-9,13H,3,10-12H2,1-2H3,(H,18,19);4H,1-3H3. The SMILES string of the molecule is CC(C)C.CCOCCN(C)Sc1ccc(CNc2ccncc2[N+](=O)[O-])cc1. The Morgan fingerprint density at radius 1 is 1.24 bits per heavy atom. The van der Waals surface area contributed by atoms with E-state index < -0.39 is 4.92 Å². The summed E-state index contributed by atoms with van der Waals surface area (Å²) in [5.41, 5.74) is 1.49. The van der Waals surface area contributed by atoms with E-state index in [4.69, 9.17) is 4.74 Å². The van der Waals surface area contributed by atoms with Crippen molar-refractivity contribution in [3.8, 4) is 0 Å². The minimum atomic E-state index is -0.437. The normalized spacial score (nSPS) is 10.6. The van der Waals surface area contributed by atoms with E-state index in [1.807, 2.05) is 38.2 Å². The second-order valence-corrected chi connectivity index (χ2v) is 8.30. The van der Waals surface area contributed by atoms with Crippen molar-refractivity contribution in [2.24, 2.45) is 5.92 Å². The molecule has 1 aromatic carbocycles. The Bertz CT molecular complexity index is 723. The summed E-state index contributed by atoms with van der Waals surface area (Å²) in [6, 6.07) is 9.72. The van der Waals surface area contributed by atoms with Crippen LogP contribution < -0.4 is 5.32 Å². The molecule has 0 spiro atoms. The van der Waals surface area contributed by atoms with Crippen molar-refractivity contribution >= 4 is 23.3 Å². The Balaban J connectivity index is 0.000000960. The number of benzene rings is 1. The number of pyridine rings is 1. The predicted molar refractivity (Wildman–Crippen MR) is 120 cm³/mol. The van der Waals surface area contributed by atoms with Gasteiger partial charge in [0.1, 0.15) is 11.9 Å². The molecule has 1 aromatic heterocycles. The second-order valence-electron chi connectivity index (χ2n) is 7.02. The summed E-state index contributed by atoms with van der Waals surface area (Å²) in [6.45, 7) is 11.3. The average Bonchev–Trinajstić information content (AvgIpc) is 2.67. The van der Waals surface area contributed by atoms with Crippen LogP contribution in [0, 0.1) is 16.0 Å². The van der Waals surface area contributed by atoms with Crippen LogP contribution in [0.15, 0.2) is 47.6 Å². The molecule has 2 aromatic rings. The minimum absolute atomic E-state index is 0.0226. The zero-order valence-electron chi connectivity index (χ0n) is 17.9. The van der Waals surface area contributed by atoms with Crippen LogP contribution in [0.2, 0.25) is 0 Å². The predicted octanol–water partition coefficient (Wildman–Crippen LogP) is 5.24. The number of aromatic nitrogens is 1. The van der Waals surface area contributed by atoms with Gasteiger partial charge in [-0.05, 0) is 55.6 Å². The number of ether oxygens (including phenoxy) is 1. The van der Waals surface area contributed by atoms with Crippen molar-refractivity contribution in [2.45, 2.75) is 39.1 Å². The van der Waals surface area contributed by atoms with Crippen LogP contribution in [-0.4, -0.2) is 41.0 Å². The number of nitrogens with zero attached hydrogens (tertiary/aromatic N) is 3. The van der Waals surface area contributed by atoms with Crippen LogP contribution in [0.5, 0.6) is 0 Å². The molecule has 0 fully saturated rings. The molecule has 0 atom stereocenters. The van der Waals surface area contributed by atoms with Gasteiger partial charge in [-0.2, -0.15) is 0 Å². The summed E-state index contributed by atoms with van der Waals surface area (Å²) in [7, 11) is 2.03. The fraction of sp³-hybridized carbons (Fsp3) is 0.476. The molecule has 1 heterocycles. The lowest BCUT2D eigenvalue weighted by molar-refractivity contribution is -0.384. The van der Waals surface area contributed by atoms with Crippen molar-refractivity contribution in [1.82, 2.24) is 9.29 Å². The average molecular weight is 421 g/mol. The highest BCUT2D eigenvalue weighted by molar-refractivity contribution is 7.97. The van der Waals surface area contributed by atoms with Crippen LogP contribution in [0.1, 0.15) is 33.3 Å². The Labute approximate surface area is 178 Å². The molecule has 0 amide bonds. The molecular weight excluding hydrogens is 388 g/mol. The Kier molecular flexibility index (Phi) is 11.9. The first kappa shape index (κ1) is 24.9. The maximum atomic E-state index is 11.0. The van der Waals surface area contributed by atoms with E-state index in [0.717, 1.165) is 29.5 Å². The molecule has 0 aliphatic rings. The minimum Gasteiger partial charge on any atom is -0.380 e. The molecule has 1 N–H and O–H groups in total. The van der Waals surface area contributed by atoms with Crippen molar-refractivity contribution in [2.75, 3.05) is 32.1 Å². The van der Waals surface area contributed by atoms with E-state index in [-0.39, 0.29) is 5.69 Å². The van der Waals surface area contributed by atoms with Gasteiger partial charge in [0.25, 0.3) is 0 Å². The van der Waals surface area contributed by atoms with Crippen molar-refractivity contribution in [3.05, 3.63) is 58.4 Å². The topological polar surface area (TPSA) is 80.5 Å². The number of nitro groups is 1. The molecule has 8 heteroatoms. The highest BCUT2D eigenvalue weighted by atomic mass is 32.2. The Morgan fingerprint density at radius 2 is 1.90 bits per heavy atom. The zero-order valence-corrected chi connectivity index (χ0v) is 18.7. The molecule has 0 bridgehead atoms. The molecule has 0 radical (unpaired) electrons. The van der Waals surface area contributed by atoms with Crippen LogP contribution in [0.25, 0.3) is 0 Å². The van der Waals surface area contributed by atoms with Gasteiger partial charge in [0.2, 0.25) is 0 Å². The molecule has 0 saturated carbocycles. The molecule has 2 rings (SSSR count). The molecule has 160 valence electrons. The Morgan fingerprint density at radius 3 is 2.48 bits per heavy atom. The van der Waals surface area contributed by atoms with Crippen LogP contribution in [-0.2, 0) is 11.3 Å². The first-order valence-electron chi connectivity index (χ1n) is 9.71. The maximum Gasteiger partial charge on any atom is 0.310 e. The molecule has 7 nitrogen and oxygen atoms in total. The molecule has 0 saturated heterocycles. The smallest absolute Gasteiger partial charge is 0.310 e. The van der Waals surface area contributed by atoms with Gasteiger partial charge in [-0.3, -0.25) is 15.1 Å². The van der Waals surface area contributed by atoms with E-state index in [1.54, 1.807) is 18.0 Å². The van der Waals surface area contributed by atoms with Crippen molar-refractivity contribution < 1.29 is 9.66 Å². The maximum absolute atomic E-state index is 11.0. The van der Waals surface area contributed by atoms with Gasteiger partial charge in [0.15, 0.2) is 0 Å². The monoisotopic (exact) mass is 420 g/mol. The van der Waals surface area contributed by atoms with Gasteiger partial charge >= 0.3 is 5.69 Å². The van der Waals surface area contributed by atoms with Gasteiger partial charge in [0.05, 0.1) is 11.5 Å². The molecule has 29 heavy (non-hydrogen) atoms. The third kappa shape index (κ3) is 10.8. The summed E-state index contributed by atoms with van der Waals surface area (Å²) in [5.74, 6) is 0.833. The lowest BCUT2D eigenvalue weighted by atomic mass is 10.2. The van der Waals surface area contributed by atoms with E-state index in [1.165, 1.54) is 12.4 Å². The second kappa shape index (κ2) is 13.9. The number of likely N-dealkylation sites (N-methyl/N-ethyl adjacent to an activating group) is 1. The molecule has 0 unspecified atom stereocenters. The van der Waals surface area contributed by atoms with Gasteiger partial charge in [-0.25, -0.2) is 4.31 Å². The van der Waals surface area contributed by atoms with E-state index in [0.29, 0.717) is 18.8 Å². The number of nitrogens with one attached hydrogen (secondary N) is 1. The summed E-state index contributed by atoms with van der Waals surface area (Å²) in [4.78, 5) is 15.5. The molecule has 0 aliphatic carbocycles. The lowest BCUT2D eigenvalue weighted by Crippen LogP contribution is -2.15. The van der Waals surface area contributed by atoms with E-state index in [9.17, 15) is 10.1 Å². The first-order chi connectivity index (χ1) is 13.8. The van der Waals surface area contributed by atoms with Crippen molar-refractivity contribution in [1.29, 1.82) is 0 Å². The summed E-state index contributed by atoms with van der Waals surface area (Å²) in [5, 5.41) is 14.1. The number of rotatable bonds is 10. The molecule has 0 aliphatic heterocycles. The van der Waals surface area contributed by atoms with Gasteiger partial charge in [-0.15, -0.1) is 0 Å². The first-order valence-corrected chi connectivity index (χ1v) is 10.5. The van der Waals surface area contributed by atoms with Gasteiger partial charge in [-0.1, -0.05) is 32.9 Å². The van der Waals surface area contributed by atoms with E-state index >= 15 is 0 Å². The van der Waals surface area contributed by atoms with Crippen LogP contribution in [0.4, 0.5) is 11.4 Å². The van der Waals surface area contributed by atoms with E-state index in [2.05, 4.69) is 35.4 Å². The third-order valence-corrected chi connectivity index (χ3v) is 4.40. The van der Waals surface area contributed by atoms with Crippen LogP contribution >= 0.6 is 11.9 Å². The summed E-state index contributed by atoms with van der Waals surface area (Å²) < 4.78 is 7.47. The fourth-order valence-corrected chi connectivity index (χ4v) is 2.89. The fourth-order valence-electron chi connectivity index (χ4n) is 2.11. The number of anilines is 1. The zero-order chi connectivity index (χ0) is 21.6. The lowest BCUT2D eigenvalue weighted by Gasteiger charge is -2.15. The largest absolute Gasteiger partial charge is 0.380 e.